The number of nitrogens with zero attached hydrogens (tertiary/aromatic N) is 1. The summed E-state index contributed by atoms with van der Waals surface area (Å²) in [5, 5.41) is 6.79. The molecule has 0 spiro atoms. The third kappa shape index (κ3) is 4.48. The molecule has 0 radical (unpaired) electrons. The quantitative estimate of drug-likeness (QED) is 0.714. The van der Waals surface area contributed by atoms with Crippen molar-refractivity contribution in [3.05, 3.63) is 76.8 Å². The SMILES string of the molecule is O=C(Cc1ccccc1)Nc1nc(C(=O)Nc2ccc(F)c(F)c2)cs1. The van der Waals surface area contributed by atoms with E-state index in [9.17, 15) is 18.4 Å². The standard InChI is InChI=1S/C18H13F2N3O2S/c19-13-7-6-12(9-14(13)20)21-17(25)15-10-26-18(22-15)23-16(24)8-11-4-2-1-3-5-11/h1-7,9-10H,8H2,(H,21,25)(H,22,23,24). The van der Waals surface area contributed by atoms with Gasteiger partial charge in [-0.25, -0.2) is 13.8 Å². The molecule has 0 atom stereocenters. The lowest BCUT2D eigenvalue weighted by atomic mass is 10.1. The van der Waals surface area contributed by atoms with E-state index in [2.05, 4.69) is 15.6 Å². The molecule has 0 unspecified atom stereocenters. The number of anilines is 2. The van der Waals surface area contributed by atoms with Gasteiger partial charge < -0.3 is 10.6 Å². The lowest BCUT2D eigenvalue weighted by molar-refractivity contribution is -0.115. The number of rotatable bonds is 5. The zero-order valence-electron chi connectivity index (χ0n) is 13.3. The van der Waals surface area contributed by atoms with Gasteiger partial charge in [0.15, 0.2) is 16.8 Å². The molecule has 0 aliphatic carbocycles. The van der Waals surface area contributed by atoms with Crippen LogP contribution in [0.3, 0.4) is 0 Å². The number of carbonyl (C=O) groups excluding carboxylic acids is 2. The van der Waals surface area contributed by atoms with Gasteiger partial charge >= 0.3 is 0 Å². The molecule has 0 saturated heterocycles. The van der Waals surface area contributed by atoms with Gasteiger partial charge in [-0.2, -0.15) is 0 Å². The minimum Gasteiger partial charge on any atom is -0.321 e. The highest BCUT2D eigenvalue weighted by molar-refractivity contribution is 7.14. The van der Waals surface area contributed by atoms with Crippen molar-refractivity contribution in [2.45, 2.75) is 6.42 Å². The maximum absolute atomic E-state index is 13.2. The van der Waals surface area contributed by atoms with Crippen molar-refractivity contribution in [1.29, 1.82) is 0 Å². The van der Waals surface area contributed by atoms with Crippen LogP contribution in [0, 0.1) is 11.6 Å². The van der Waals surface area contributed by atoms with Crippen LogP contribution in [0.15, 0.2) is 53.9 Å². The van der Waals surface area contributed by atoms with Crippen molar-refractivity contribution in [2.24, 2.45) is 0 Å². The molecule has 0 aliphatic rings. The molecule has 1 heterocycles. The Hall–Kier alpha value is -3.13. The molecule has 2 aromatic carbocycles. The summed E-state index contributed by atoms with van der Waals surface area (Å²) in [5.74, 6) is -2.90. The van der Waals surface area contributed by atoms with E-state index >= 15 is 0 Å². The Balaban J connectivity index is 1.60. The Bertz CT molecular complexity index is 945. The zero-order chi connectivity index (χ0) is 18.5. The van der Waals surface area contributed by atoms with Gasteiger partial charge in [0.05, 0.1) is 6.42 Å². The minimum absolute atomic E-state index is 0.0646. The molecule has 0 fully saturated rings. The van der Waals surface area contributed by atoms with Crippen LogP contribution in [-0.2, 0) is 11.2 Å². The number of aromatic nitrogens is 1. The predicted octanol–water partition coefficient (Wildman–Crippen LogP) is 3.85. The highest BCUT2D eigenvalue weighted by Crippen LogP contribution is 2.18. The third-order valence-corrected chi connectivity index (χ3v) is 4.13. The van der Waals surface area contributed by atoms with Crippen LogP contribution in [0.2, 0.25) is 0 Å². The number of hydrogen-bond donors (Lipinski definition) is 2. The normalized spacial score (nSPS) is 10.4. The summed E-state index contributed by atoms with van der Waals surface area (Å²) in [6, 6.07) is 12.2. The topological polar surface area (TPSA) is 71.1 Å². The molecule has 132 valence electrons. The first-order chi connectivity index (χ1) is 12.5. The van der Waals surface area contributed by atoms with Gasteiger partial charge in [0.25, 0.3) is 5.91 Å². The number of thiazole rings is 1. The van der Waals surface area contributed by atoms with Crippen molar-refractivity contribution in [1.82, 2.24) is 4.98 Å². The van der Waals surface area contributed by atoms with Crippen molar-refractivity contribution in [2.75, 3.05) is 10.6 Å². The van der Waals surface area contributed by atoms with Crippen LogP contribution in [0.25, 0.3) is 0 Å². The molecular weight excluding hydrogens is 360 g/mol. The van der Waals surface area contributed by atoms with Crippen LogP contribution in [0.1, 0.15) is 16.1 Å². The number of benzene rings is 2. The summed E-state index contributed by atoms with van der Waals surface area (Å²) in [5.41, 5.74) is 1.03. The zero-order valence-corrected chi connectivity index (χ0v) is 14.1. The Morgan fingerprint density at radius 3 is 2.50 bits per heavy atom. The molecule has 3 aromatic rings. The van der Waals surface area contributed by atoms with E-state index in [-0.39, 0.29) is 28.8 Å². The highest BCUT2D eigenvalue weighted by atomic mass is 32.1. The van der Waals surface area contributed by atoms with Gasteiger partial charge in [0.1, 0.15) is 5.69 Å². The molecule has 3 rings (SSSR count). The smallest absolute Gasteiger partial charge is 0.275 e. The first kappa shape index (κ1) is 17.7. The van der Waals surface area contributed by atoms with E-state index in [1.807, 2.05) is 30.3 Å². The van der Waals surface area contributed by atoms with E-state index < -0.39 is 17.5 Å². The summed E-state index contributed by atoms with van der Waals surface area (Å²) < 4.78 is 26.1. The molecule has 1 aromatic heterocycles. The molecule has 0 saturated carbocycles. The van der Waals surface area contributed by atoms with Crippen LogP contribution in [0.4, 0.5) is 19.6 Å². The fourth-order valence-corrected chi connectivity index (χ4v) is 2.86. The third-order valence-electron chi connectivity index (χ3n) is 3.37. The first-order valence-corrected chi connectivity index (χ1v) is 8.45. The Morgan fingerprint density at radius 2 is 1.77 bits per heavy atom. The maximum atomic E-state index is 13.2. The van der Waals surface area contributed by atoms with Crippen LogP contribution >= 0.6 is 11.3 Å². The Morgan fingerprint density at radius 1 is 1.00 bits per heavy atom. The fourth-order valence-electron chi connectivity index (χ4n) is 2.15. The summed E-state index contributed by atoms with van der Waals surface area (Å²) in [7, 11) is 0. The van der Waals surface area contributed by atoms with Gasteiger partial charge in [0, 0.05) is 17.1 Å². The summed E-state index contributed by atoms with van der Waals surface area (Å²) in [4.78, 5) is 28.1. The van der Waals surface area contributed by atoms with Gasteiger partial charge in [0.2, 0.25) is 5.91 Å². The van der Waals surface area contributed by atoms with E-state index in [4.69, 9.17) is 0 Å². The number of nitrogens with one attached hydrogen (secondary N) is 2. The first-order valence-electron chi connectivity index (χ1n) is 7.57. The molecule has 0 bridgehead atoms. The molecule has 26 heavy (non-hydrogen) atoms. The van der Waals surface area contributed by atoms with E-state index in [0.29, 0.717) is 0 Å². The second-order valence-electron chi connectivity index (χ2n) is 5.33. The molecule has 2 amide bonds. The summed E-state index contributed by atoms with van der Waals surface area (Å²) in [6.45, 7) is 0. The molecule has 0 aliphatic heterocycles. The lowest BCUT2D eigenvalue weighted by Gasteiger charge is -2.04. The van der Waals surface area contributed by atoms with Crippen molar-refractivity contribution in [3.8, 4) is 0 Å². The van der Waals surface area contributed by atoms with Crippen LogP contribution in [0.5, 0.6) is 0 Å². The van der Waals surface area contributed by atoms with Gasteiger partial charge in [-0.1, -0.05) is 30.3 Å². The van der Waals surface area contributed by atoms with Crippen LogP contribution < -0.4 is 10.6 Å². The summed E-state index contributed by atoms with van der Waals surface area (Å²) in [6.07, 6.45) is 0.191. The summed E-state index contributed by atoms with van der Waals surface area (Å²) >= 11 is 1.09. The average Bonchev–Trinajstić information content (AvgIpc) is 3.07. The van der Waals surface area contributed by atoms with E-state index in [1.165, 1.54) is 11.4 Å². The van der Waals surface area contributed by atoms with E-state index in [0.717, 1.165) is 29.0 Å². The van der Waals surface area contributed by atoms with Crippen molar-refractivity contribution in [3.63, 3.8) is 0 Å². The molecule has 2 N–H and O–H groups in total. The van der Waals surface area contributed by atoms with Crippen molar-refractivity contribution < 1.29 is 18.4 Å². The molecular formula is C18H13F2N3O2S. The fraction of sp³-hybridized carbons (Fsp3) is 0.0556. The van der Waals surface area contributed by atoms with Gasteiger partial charge in [-0.15, -0.1) is 11.3 Å². The second-order valence-corrected chi connectivity index (χ2v) is 6.19. The number of amides is 2. The average molecular weight is 373 g/mol. The molecule has 8 heteroatoms. The lowest BCUT2D eigenvalue weighted by Crippen LogP contribution is -2.15. The Kier molecular flexibility index (Phi) is 5.33. The maximum Gasteiger partial charge on any atom is 0.275 e. The number of carbonyl (C=O) groups is 2. The minimum atomic E-state index is -1.06. The largest absolute Gasteiger partial charge is 0.321 e. The Labute approximate surface area is 151 Å². The van der Waals surface area contributed by atoms with Crippen molar-refractivity contribution >= 4 is 34.0 Å². The monoisotopic (exact) mass is 373 g/mol. The predicted molar refractivity (Wildman–Crippen MR) is 95.2 cm³/mol. The van der Waals surface area contributed by atoms with E-state index in [1.54, 1.807) is 0 Å². The highest BCUT2D eigenvalue weighted by Gasteiger charge is 2.14. The number of halogens is 2. The van der Waals surface area contributed by atoms with Gasteiger partial charge in [-0.05, 0) is 17.7 Å². The molecule has 5 nitrogen and oxygen atoms in total. The number of hydrogen-bond acceptors (Lipinski definition) is 4. The van der Waals surface area contributed by atoms with Gasteiger partial charge in [-0.3, -0.25) is 9.59 Å². The second kappa shape index (κ2) is 7.83. The van der Waals surface area contributed by atoms with Crippen LogP contribution in [-0.4, -0.2) is 16.8 Å².